The van der Waals surface area contributed by atoms with Gasteiger partial charge in [-0.05, 0) is 18.2 Å². The minimum atomic E-state index is -4.64. The Morgan fingerprint density at radius 1 is 1.07 bits per heavy atom. The van der Waals surface area contributed by atoms with Gasteiger partial charge in [0.05, 0.1) is 5.56 Å². The molecule has 0 aliphatic carbocycles. The topological polar surface area (TPSA) is 15.8 Å². The summed E-state index contributed by atoms with van der Waals surface area (Å²) in [5, 5.41) is -0.0418. The van der Waals surface area contributed by atoms with Gasteiger partial charge in [-0.3, -0.25) is 0 Å². The summed E-state index contributed by atoms with van der Waals surface area (Å²) in [5.41, 5.74) is -0.875. The maximum Gasteiger partial charge on any atom is 0.419 e. The highest BCUT2D eigenvalue weighted by Gasteiger charge is 2.34. The lowest BCUT2D eigenvalue weighted by atomic mass is 10.1. The average molecular weight is 203 g/mol. The first-order valence-electron chi connectivity index (χ1n) is 3.83. The Morgan fingerprint density at radius 3 is 2.43 bits per heavy atom. The summed E-state index contributed by atoms with van der Waals surface area (Å²) < 4.78 is 50.0. The zero-order valence-corrected chi connectivity index (χ0v) is 6.82. The molecule has 14 heavy (non-hydrogen) atoms. The van der Waals surface area contributed by atoms with Gasteiger partial charge in [0.1, 0.15) is 5.82 Å². The standard InChI is InChI=1S/C9H5F4N/c10-8-5-3-4-14-7(5)2-1-6(8)9(11,12)13/h1-4,14H. The average Bonchev–Trinajstić information content (AvgIpc) is 2.50. The molecule has 1 nitrogen and oxygen atoms in total. The number of nitrogens with one attached hydrogen (secondary N) is 1. The van der Waals surface area contributed by atoms with Gasteiger partial charge in [0.2, 0.25) is 0 Å². The molecular formula is C9H5F4N. The van der Waals surface area contributed by atoms with Crippen molar-refractivity contribution < 1.29 is 17.6 Å². The van der Waals surface area contributed by atoms with E-state index in [2.05, 4.69) is 4.98 Å². The van der Waals surface area contributed by atoms with Crippen molar-refractivity contribution in [1.29, 1.82) is 0 Å². The summed E-state index contributed by atoms with van der Waals surface area (Å²) in [5.74, 6) is -1.23. The highest BCUT2D eigenvalue weighted by molar-refractivity contribution is 5.80. The number of benzene rings is 1. The van der Waals surface area contributed by atoms with Crippen molar-refractivity contribution in [3.8, 4) is 0 Å². The van der Waals surface area contributed by atoms with Crippen molar-refractivity contribution in [1.82, 2.24) is 4.98 Å². The third-order valence-corrected chi connectivity index (χ3v) is 1.97. The molecule has 1 aromatic heterocycles. The Hall–Kier alpha value is -1.52. The van der Waals surface area contributed by atoms with Gasteiger partial charge in [-0.25, -0.2) is 4.39 Å². The second-order valence-electron chi connectivity index (χ2n) is 2.86. The molecule has 1 N–H and O–H groups in total. The van der Waals surface area contributed by atoms with Gasteiger partial charge < -0.3 is 4.98 Å². The smallest absolute Gasteiger partial charge is 0.361 e. The van der Waals surface area contributed by atoms with Crippen molar-refractivity contribution in [3.05, 3.63) is 35.8 Å². The third-order valence-electron chi connectivity index (χ3n) is 1.97. The number of H-pyrrole nitrogens is 1. The molecule has 0 amide bonds. The zero-order chi connectivity index (χ0) is 10.3. The lowest BCUT2D eigenvalue weighted by molar-refractivity contribution is -0.139. The van der Waals surface area contributed by atoms with Gasteiger partial charge in [-0.15, -0.1) is 0 Å². The summed E-state index contributed by atoms with van der Waals surface area (Å²) in [7, 11) is 0. The molecule has 0 aliphatic rings. The van der Waals surface area contributed by atoms with Crippen LogP contribution in [0.4, 0.5) is 17.6 Å². The lowest BCUT2D eigenvalue weighted by Crippen LogP contribution is -2.07. The van der Waals surface area contributed by atoms with Crippen LogP contribution in [-0.4, -0.2) is 4.98 Å². The van der Waals surface area contributed by atoms with E-state index in [1.165, 1.54) is 18.3 Å². The first-order chi connectivity index (χ1) is 6.50. The van der Waals surface area contributed by atoms with Crippen molar-refractivity contribution in [3.63, 3.8) is 0 Å². The van der Waals surface area contributed by atoms with E-state index in [-0.39, 0.29) is 5.39 Å². The number of rotatable bonds is 0. The molecule has 5 heteroatoms. The summed E-state index contributed by atoms with van der Waals surface area (Å²) in [4.78, 5) is 2.63. The van der Waals surface area contributed by atoms with Crippen LogP contribution in [0.2, 0.25) is 0 Å². The third kappa shape index (κ3) is 1.25. The molecule has 2 rings (SSSR count). The Kier molecular flexibility index (Phi) is 1.77. The lowest BCUT2D eigenvalue weighted by Gasteiger charge is -2.07. The van der Waals surface area contributed by atoms with E-state index in [1.807, 2.05) is 0 Å². The van der Waals surface area contributed by atoms with Crippen LogP contribution in [-0.2, 0) is 6.18 Å². The molecule has 0 atom stereocenters. The van der Waals surface area contributed by atoms with Gasteiger partial charge in [-0.1, -0.05) is 0 Å². The second-order valence-corrected chi connectivity index (χ2v) is 2.86. The fourth-order valence-corrected chi connectivity index (χ4v) is 1.32. The van der Waals surface area contributed by atoms with E-state index in [1.54, 1.807) is 0 Å². The highest BCUT2D eigenvalue weighted by atomic mass is 19.4. The predicted octanol–water partition coefficient (Wildman–Crippen LogP) is 3.33. The number of hydrogen-bond acceptors (Lipinski definition) is 0. The molecular weight excluding hydrogens is 198 g/mol. The van der Waals surface area contributed by atoms with E-state index < -0.39 is 17.6 Å². The zero-order valence-electron chi connectivity index (χ0n) is 6.82. The van der Waals surface area contributed by atoms with Crippen molar-refractivity contribution in [2.75, 3.05) is 0 Å². The van der Waals surface area contributed by atoms with Crippen LogP contribution in [0.25, 0.3) is 10.9 Å². The van der Waals surface area contributed by atoms with Crippen molar-refractivity contribution >= 4 is 10.9 Å². The monoisotopic (exact) mass is 203 g/mol. The summed E-state index contributed by atoms with van der Waals surface area (Å²) >= 11 is 0. The molecule has 74 valence electrons. The maximum atomic E-state index is 13.3. The fourth-order valence-electron chi connectivity index (χ4n) is 1.32. The molecule has 0 unspecified atom stereocenters. The summed E-state index contributed by atoms with van der Waals surface area (Å²) in [6.45, 7) is 0. The Bertz CT molecular complexity index is 469. The van der Waals surface area contributed by atoms with E-state index in [0.29, 0.717) is 5.52 Å². The molecule has 0 fully saturated rings. The number of halogens is 4. The molecule has 0 saturated heterocycles. The van der Waals surface area contributed by atoms with Crippen LogP contribution in [0.15, 0.2) is 24.4 Å². The molecule has 0 aliphatic heterocycles. The highest BCUT2D eigenvalue weighted by Crippen LogP contribution is 2.33. The fraction of sp³-hybridized carbons (Fsp3) is 0.111. The van der Waals surface area contributed by atoms with Gasteiger partial charge in [-0.2, -0.15) is 13.2 Å². The SMILES string of the molecule is Fc1c(C(F)(F)F)ccc2[nH]ccc12. The Morgan fingerprint density at radius 2 is 1.79 bits per heavy atom. The Balaban J connectivity index is 2.74. The number of hydrogen-bond donors (Lipinski definition) is 1. The van der Waals surface area contributed by atoms with E-state index >= 15 is 0 Å². The molecule has 0 radical (unpaired) electrons. The van der Waals surface area contributed by atoms with E-state index in [9.17, 15) is 17.6 Å². The van der Waals surface area contributed by atoms with Crippen LogP contribution >= 0.6 is 0 Å². The van der Waals surface area contributed by atoms with E-state index in [0.717, 1.165) is 6.07 Å². The van der Waals surface area contributed by atoms with Gasteiger partial charge in [0.25, 0.3) is 0 Å². The van der Waals surface area contributed by atoms with Crippen molar-refractivity contribution in [2.45, 2.75) is 6.18 Å². The van der Waals surface area contributed by atoms with Gasteiger partial charge in [0, 0.05) is 17.1 Å². The van der Waals surface area contributed by atoms with Crippen LogP contribution in [0.1, 0.15) is 5.56 Å². The van der Waals surface area contributed by atoms with Crippen LogP contribution in [0, 0.1) is 5.82 Å². The molecule has 0 spiro atoms. The molecule has 0 bridgehead atoms. The summed E-state index contributed by atoms with van der Waals surface area (Å²) in [6, 6.07) is 3.22. The van der Waals surface area contributed by atoms with Crippen molar-refractivity contribution in [2.24, 2.45) is 0 Å². The first kappa shape index (κ1) is 9.05. The van der Waals surface area contributed by atoms with Gasteiger partial charge in [0.15, 0.2) is 0 Å². The van der Waals surface area contributed by atoms with E-state index in [4.69, 9.17) is 0 Å². The summed E-state index contributed by atoms with van der Waals surface area (Å²) in [6.07, 6.45) is -3.25. The Labute approximate surface area is 76.3 Å². The first-order valence-corrected chi connectivity index (χ1v) is 3.83. The quantitative estimate of drug-likeness (QED) is 0.632. The minimum absolute atomic E-state index is 0.0418. The maximum absolute atomic E-state index is 13.3. The molecule has 1 heterocycles. The number of aromatic nitrogens is 1. The molecule has 1 aromatic carbocycles. The van der Waals surface area contributed by atoms with Crippen LogP contribution < -0.4 is 0 Å². The largest absolute Gasteiger partial charge is 0.419 e. The van der Waals surface area contributed by atoms with Crippen LogP contribution in [0.5, 0.6) is 0 Å². The predicted molar refractivity (Wildman–Crippen MR) is 43.3 cm³/mol. The number of fused-ring (bicyclic) bond motifs is 1. The number of aromatic amines is 1. The van der Waals surface area contributed by atoms with Crippen LogP contribution in [0.3, 0.4) is 0 Å². The minimum Gasteiger partial charge on any atom is -0.361 e. The molecule has 2 aromatic rings. The normalized spacial score (nSPS) is 12.3. The van der Waals surface area contributed by atoms with Gasteiger partial charge >= 0.3 is 6.18 Å². The second kappa shape index (κ2) is 2.73. The molecule has 0 saturated carbocycles. The number of alkyl halides is 3.